The summed E-state index contributed by atoms with van der Waals surface area (Å²) in [5.74, 6) is 1.42. The SMILES string of the molecule is CN=C(NCc1ccon1)N1CCC(c2cnn(C)c2)C1. The molecule has 3 heterocycles. The molecule has 1 unspecified atom stereocenters. The molecule has 1 saturated heterocycles. The number of likely N-dealkylation sites (tertiary alicyclic amines) is 1. The summed E-state index contributed by atoms with van der Waals surface area (Å²) in [6, 6.07) is 1.85. The maximum Gasteiger partial charge on any atom is 0.193 e. The Kier molecular flexibility index (Phi) is 3.89. The third-order valence-electron chi connectivity index (χ3n) is 3.81. The highest BCUT2D eigenvalue weighted by Crippen LogP contribution is 2.26. The summed E-state index contributed by atoms with van der Waals surface area (Å²) in [6.07, 6.45) is 6.75. The Morgan fingerprint density at radius 3 is 3.14 bits per heavy atom. The van der Waals surface area contributed by atoms with Gasteiger partial charge in [-0.2, -0.15) is 5.10 Å². The van der Waals surface area contributed by atoms with Crippen LogP contribution in [-0.4, -0.2) is 45.9 Å². The van der Waals surface area contributed by atoms with E-state index in [9.17, 15) is 0 Å². The van der Waals surface area contributed by atoms with Gasteiger partial charge in [0.15, 0.2) is 5.96 Å². The van der Waals surface area contributed by atoms with Crippen LogP contribution in [0.1, 0.15) is 23.6 Å². The van der Waals surface area contributed by atoms with Crippen LogP contribution in [0.5, 0.6) is 0 Å². The average Bonchev–Trinajstić information content (AvgIpc) is 3.19. The second kappa shape index (κ2) is 5.99. The van der Waals surface area contributed by atoms with Crippen molar-refractivity contribution in [1.29, 1.82) is 0 Å². The van der Waals surface area contributed by atoms with Gasteiger partial charge in [-0.05, 0) is 12.0 Å². The van der Waals surface area contributed by atoms with E-state index in [1.54, 1.807) is 6.26 Å². The van der Waals surface area contributed by atoms with E-state index >= 15 is 0 Å². The Labute approximate surface area is 123 Å². The summed E-state index contributed by atoms with van der Waals surface area (Å²) >= 11 is 0. The summed E-state index contributed by atoms with van der Waals surface area (Å²) in [5, 5.41) is 11.5. The molecule has 21 heavy (non-hydrogen) atoms. The van der Waals surface area contributed by atoms with E-state index in [1.165, 1.54) is 5.56 Å². The highest BCUT2D eigenvalue weighted by molar-refractivity contribution is 5.80. The number of hydrogen-bond donors (Lipinski definition) is 1. The van der Waals surface area contributed by atoms with Crippen LogP contribution in [0.15, 0.2) is 34.2 Å². The second-order valence-corrected chi connectivity index (χ2v) is 5.27. The van der Waals surface area contributed by atoms with Crippen molar-refractivity contribution in [3.05, 3.63) is 36.0 Å². The van der Waals surface area contributed by atoms with E-state index in [-0.39, 0.29) is 0 Å². The van der Waals surface area contributed by atoms with Crippen LogP contribution in [0.4, 0.5) is 0 Å². The molecule has 2 aromatic rings. The van der Waals surface area contributed by atoms with Crippen molar-refractivity contribution in [1.82, 2.24) is 25.2 Å². The first-order valence-electron chi connectivity index (χ1n) is 7.09. The molecule has 1 atom stereocenters. The molecule has 0 aliphatic carbocycles. The van der Waals surface area contributed by atoms with Gasteiger partial charge in [-0.3, -0.25) is 9.67 Å². The average molecular weight is 288 g/mol. The molecule has 0 aromatic carbocycles. The van der Waals surface area contributed by atoms with E-state index in [0.29, 0.717) is 12.5 Å². The van der Waals surface area contributed by atoms with Gasteiger partial charge in [-0.1, -0.05) is 5.16 Å². The van der Waals surface area contributed by atoms with Gasteiger partial charge in [0.25, 0.3) is 0 Å². The largest absolute Gasteiger partial charge is 0.364 e. The predicted molar refractivity (Wildman–Crippen MR) is 78.8 cm³/mol. The minimum atomic E-state index is 0.518. The van der Waals surface area contributed by atoms with Gasteiger partial charge >= 0.3 is 0 Å². The molecule has 0 saturated carbocycles. The molecule has 0 spiro atoms. The second-order valence-electron chi connectivity index (χ2n) is 5.27. The monoisotopic (exact) mass is 288 g/mol. The van der Waals surface area contributed by atoms with Gasteiger partial charge in [-0.25, -0.2) is 0 Å². The standard InChI is InChI=1S/C14H20N6O/c1-15-14(16-8-13-4-6-21-18-13)20-5-3-11(10-20)12-7-17-19(2)9-12/h4,6-7,9,11H,3,5,8,10H2,1-2H3,(H,15,16). The molecular formula is C14H20N6O. The molecule has 0 amide bonds. The zero-order chi connectivity index (χ0) is 14.7. The summed E-state index contributed by atoms with van der Waals surface area (Å²) in [7, 11) is 3.76. The van der Waals surface area contributed by atoms with Crippen molar-refractivity contribution in [2.45, 2.75) is 18.9 Å². The molecular weight excluding hydrogens is 268 g/mol. The molecule has 0 radical (unpaired) electrons. The molecule has 1 N–H and O–H groups in total. The smallest absolute Gasteiger partial charge is 0.193 e. The lowest BCUT2D eigenvalue weighted by atomic mass is 10.0. The molecule has 7 nitrogen and oxygen atoms in total. The number of rotatable bonds is 3. The van der Waals surface area contributed by atoms with E-state index in [4.69, 9.17) is 4.52 Å². The zero-order valence-electron chi connectivity index (χ0n) is 12.4. The van der Waals surface area contributed by atoms with Gasteiger partial charge in [0.05, 0.1) is 12.7 Å². The molecule has 7 heteroatoms. The fraction of sp³-hybridized carbons (Fsp3) is 0.500. The lowest BCUT2D eigenvalue weighted by Gasteiger charge is -2.21. The van der Waals surface area contributed by atoms with Crippen LogP contribution in [0, 0.1) is 0 Å². The Balaban J connectivity index is 1.58. The third-order valence-corrected chi connectivity index (χ3v) is 3.81. The van der Waals surface area contributed by atoms with E-state index in [1.807, 2.05) is 31.0 Å². The van der Waals surface area contributed by atoms with Gasteiger partial charge in [-0.15, -0.1) is 0 Å². The summed E-state index contributed by atoms with van der Waals surface area (Å²) in [5.41, 5.74) is 2.17. The van der Waals surface area contributed by atoms with Crippen LogP contribution in [-0.2, 0) is 13.6 Å². The fourth-order valence-electron chi connectivity index (χ4n) is 2.71. The maximum absolute atomic E-state index is 4.83. The van der Waals surface area contributed by atoms with E-state index in [2.05, 4.69) is 31.7 Å². The zero-order valence-corrected chi connectivity index (χ0v) is 12.4. The van der Waals surface area contributed by atoms with Crippen molar-refractivity contribution < 1.29 is 4.52 Å². The molecule has 1 aliphatic rings. The quantitative estimate of drug-likeness (QED) is 0.673. The van der Waals surface area contributed by atoms with Gasteiger partial charge in [0.1, 0.15) is 12.0 Å². The predicted octanol–water partition coefficient (Wildman–Crippen LogP) is 0.973. The number of aryl methyl sites for hydroxylation is 1. The van der Waals surface area contributed by atoms with Crippen LogP contribution >= 0.6 is 0 Å². The normalized spacial score (nSPS) is 19.2. The van der Waals surface area contributed by atoms with Crippen molar-refractivity contribution >= 4 is 5.96 Å². The van der Waals surface area contributed by atoms with Gasteiger partial charge in [0.2, 0.25) is 0 Å². The van der Waals surface area contributed by atoms with Crippen molar-refractivity contribution in [3.8, 4) is 0 Å². The molecule has 0 bridgehead atoms. The Morgan fingerprint density at radius 2 is 2.48 bits per heavy atom. The van der Waals surface area contributed by atoms with E-state index < -0.39 is 0 Å². The van der Waals surface area contributed by atoms with Gasteiger partial charge in [0, 0.05) is 45.4 Å². The number of aliphatic imine (C=N–C) groups is 1. The van der Waals surface area contributed by atoms with Crippen LogP contribution < -0.4 is 5.32 Å². The van der Waals surface area contributed by atoms with Crippen molar-refractivity contribution in [3.63, 3.8) is 0 Å². The molecule has 3 rings (SSSR count). The molecule has 2 aromatic heterocycles. The highest BCUT2D eigenvalue weighted by atomic mass is 16.5. The number of nitrogens with zero attached hydrogens (tertiary/aromatic N) is 5. The first kappa shape index (κ1) is 13.7. The first-order chi connectivity index (χ1) is 10.3. The number of hydrogen-bond acceptors (Lipinski definition) is 4. The summed E-state index contributed by atoms with van der Waals surface area (Å²) < 4.78 is 6.69. The highest BCUT2D eigenvalue weighted by Gasteiger charge is 2.26. The first-order valence-corrected chi connectivity index (χ1v) is 7.09. The Bertz CT molecular complexity index is 603. The molecule has 1 fully saturated rings. The van der Waals surface area contributed by atoms with E-state index in [0.717, 1.165) is 31.2 Å². The minimum Gasteiger partial charge on any atom is -0.364 e. The van der Waals surface area contributed by atoms with Crippen LogP contribution in [0.2, 0.25) is 0 Å². The number of aromatic nitrogens is 3. The fourth-order valence-corrected chi connectivity index (χ4v) is 2.71. The van der Waals surface area contributed by atoms with Crippen molar-refractivity contribution in [2.75, 3.05) is 20.1 Å². The lowest BCUT2D eigenvalue weighted by molar-refractivity contribution is 0.409. The lowest BCUT2D eigenvalue weighted by Crippen LogP contribution is -2.39. The Hall–Kier alpha value is -2.31. The Morgan fingerprint density at radius 1 is 1.57 bits per heavy atom. The molecule has 1 aliphatic heterocycles. The number of guanidine groups is 1. The summed E-state index contributed by atoms with van der Waals surface area (Å²) in [4.78, 5) is 6.63. The maximum atomic E-state index is 4.83. The van der Waals surface area contributed by atoms with Crippen LogP contribution in [0.3, 0.4) is 0 Å². The van der Waals surface area contributed by atoms with Gasteiger partial charge < -0.3 is 14.7 Å². The minimum absolute atomic E-state index is 0.518. The van der Waals surface area contributed by atoms with Crippen molar-refractivity contribution in [2.24, 2.45) is 12.0 Å². The molecule has 112 valence electrons. The van der Waals surface area contributed by atoms with Crippen LogP contribution in [0.25, 0.3) is 0 Å². The number of nitrogens with one attached hydrogen (secondary N) is 1. The topological polar surface area (TPSA) is 71.5 Å². The summed E-state index contributed by atoms with van der Waals surface area (Å²) in [6.45, 7) is 2.58. The third kappa shape index (κ3) is 3.07.